The van der Waals surface area contributed by atoms with Crippen LogP contribution in [0.2, 0.25) is 10.0 Å². The number of benzene rings is 2. The zero-order valence-electron chi connectivity index (χ0n) is 15.7. The maximum Gasteiger partial charge on any atom is 0.340 e. The summed E-state index contributed by atoms with van der Waals surface area (Å²) in [6.07, 6.45) is 2.90. The highest BCUT2D eigenvalue weighted by Crippen LogP contribution is 2.25. The molecule has 0 heterocycles. The molecular formula is C21H19Cl2N3O3. The fraction of sp³-hybridized carbons (Fsp3) is 0.190. The van der Waals surface area contributed by atoms with Gasteiger partial charge in [-0.05, 0) is 36.8 Å². The molecule has 0 unspecified atom stereocenters. The predicted octanol–water partition coefficient (Wildman–Crippen LogP) is 5.41. The van der Waals surface area contributed by atoms with E-state index in [2.05, 4.69) is 10.6 Å². The molecule has 0 saturated heterocycles. The van der Waals surface area contributed by atoms with Crippen LogP contribution in [0.5, 0.6) is 0 Å². The Morgan fingerprint density at radius 3 is 2.62 bits per heavy atom. The molecule has 2 N–H and O–H groups in total. The normalized spacial score (nSPS) is 10.8. The second-order valence-corrected chi connectivity index (χ2v) is 6.75. The maximum absolute atomic E-state index is 12.5. The van der Waals surface area contributed by atoms with Crippen molar-refractivity contribution in [3.8, 4) is 6.07 Å². The minimum atomic E-state index is -0.672. The van der Waals surface area contributed by atoms with Crippen molar-refractivity contribution < 1.29 is 14.3 Å². The molecule has 0 aromatic heterocycles. The summed E-state index contributed by atoms with van der Waals surface area (Å²) in [7, 11) is 0. The molecule has 2 aromatic carbocycles. The van der Waals surface area contributed by atoms with Gasteiger partial charge >= 0.3 is 5.97 Å². The molecule has 0 fully saturated rings. The zero-order chi connectivity index (χ0) is 21.2. The number of nitrogens with zero attached hydrogens (tertiary/aromatic N) is 1. The fourth-order valence-electron chi connectivity index (χ4n) is 2.24. The standard InChI is InChI=1S/C21H19Cl2N3O3/c1-2-3-10-29-21(28)16-6-4-5-7-19(16)26-20(27)14(12-24)13-25-15-8-9-17(22)18(23)11-15/h4-9,11,13,25H,2-3,10H2,1H3,(H,26,27)/b14-13-. The van der Waals surface area contributed by atoms with E-state index in [0.717, 1.165) is 12.8 Å². The van der Waals surface area contributed by atoms with E-state index in [1.54, 1.807) is 42.5 Å². The van der Waals surface area contributed by atoms with E-state index in [4.69, 9.17) is 27.9 Å². The van der Waals surface area contributed by atoms with Crippen molar-refractivity contribution in [2.24, 2.45) is 0 Å². The number of ether oxygens (including phenoxy) is 1. The lowest BCUT2D eigenvalue weighted by atomic mass is 10.1. The number of hydrogen-bond acceptors (Lipinski definition) is 5. The summed E-state index contributed by atoms with van der Waals surface area (Å²) in [6, 6.07) is 13.1. The molecule has 0 saturated carbocycles. The average Bonchev–Trinajstić information content (AvgIpc) is 2.71. The molecule has 0 aliphatic rings. The summed E-state index contributed by atoms with van der Waals surface area (Å²) >= 11 is 11.8. The molecule has 6 nitrogen and oxygen atoms in total. The van der Waals surface area contributed by atoms with Gasteiger partial charge < -0.3 is 15.4 Å². The summed E-state index contributed by atoms with van der Waals surface area (Å²) in [5, 5.41) is 15.4. The van der Waals surface area contributed by atoms with Crippen molar-refractivity contribution in [3.63, 3.8) is 0 Å². The highest BCUT2D eigenvalue weighted by molar-refractivity contribution is 6.42. The first-order valence-corrected chi connectivity index (χ1v) is 9.61. The number of nitrogens with one attached hydrogen (secondary N) is 2. The Hall–Kier alpha value is -3.01. The minimum Gasteiger partial charge on any atom is -0.462 e. The molecule has 0 atom stereocenters. The first kappa shape index (κ1) is 22.3. The number of anilines is 2. The molecular weight excluding hydrogens is 413 g/mol. The lowest BCUT2D eigenvalue weighted by Gasteiger charge is -2.11. The van der Waals surface area contributed by atoms with Crippen molar-refractivity contribution in [2.45, 2.75) is 19.8 Å². The summed E-state index contributed by atoms with van der Waals surface area (Å²) in [4.78, 5) is 24.7. The Morgan fingerprint density at radius 2 is 1.93 bits per heavy atom. The van der Waals surface area contributed by atoms with Gasteiger partial charge in [0.25, 0.3) is 5.91 Å². The van der Waals surface area contributed by atoms with Crippen LogP contribution in [0.4, 0.5) is 11.4 Å². The van der Waals surface area contributed by atoms with Crippen LogP contribution in [0.1, 0.15) is 30.1 Å². The van der Waals surface area contributed by atoms with Crippen LogP contribution in [-0.4, -0.2) is 18.5 Å². The van der Waals surface area contributed by atoms with E-state index in [9.17, 15) is 14.9 Å². The number of hydrogen-bond donors (Lipinski definition) is 2. The summed E-state index contributed by atoms with van der Waals surface area (Å²) in [5.41, 5.74) is 0.839. The van der Waals surface area contributed by atoms with Crippen LogP contribution in [0.15, 0.2) is 54.2 Å². The number of amides is 1. The molecule has 2 aromatic rings. The van der Waals surface area contributed by atoms with E-state index >= 15 is 0 Å². The third kappa shape index (κ3) is 6.53. The largest absolute Gasteiger partial charge is 0.462 e. The van der Waals surface area contributed by atoms with Crippen molar-refractivity contribution in [1.29, 1.82) is 5.26 Å². The second kappa shape index (κ2) is 11.1. The molecule has 0 aliphatic heterocycles. The fourth-order valence-corrected chi connectivity index (χ4v) is 2.53. The summed E-state index contributed by atoms with van der Waals surface area (Å²) in [6.45, 7) is 2.29. The minimum absolute atomic E-state index is 0.190. The molecule has 0 aliphatic carbocycles. The van der Waals surface area contributed by atoms with E-state index in [1.165, 1.54) is 6.20 Å². The van der Waals surface area contributed by atoms with Gasteiger partial charge in [-0.1, -0.05) is 48.7 Å². The molecule has 2 rings (SSSR count). The van der Waals surface area contributed by atoms with Crippen LogP contribution in [0, 0.1) is 11.3 Å². The number of nitriles is 1. The van der Waals surface area contributed by atoms with Gasteiger partial charge in [-0.15, -0.1) is 0 Å². The van der Waals surface area contributed by atoms with Gasteiger partial charge in [0.05, 0.1) is 27.9 Å². The van der Waals surface area contributed by atoms with Crippen LogP contribution in [0.3, 0.4) is 0 Å². The van der Waals surface area contributed by atoms with Crippen LogP contribution >= 0.6 is 23.2 Å². The number of halogens is 2. The monoisotopic (exact) mass is 431 g/mol. The van der Waals surface area contributed by atoms with E-state index in [1.807, 2.05) is 13.0 Å². The van der Waals surface area contributed by atoms with Gasteiger partial charge in [-0.2, -0.15) is 5.26 Å². The van der Waals surface area contributed by atoms with Gasteiger partial charge in [0.15, 0.2) is 0 Å². The first-order valence-electron chi connectivity index (χ1n) is 8.85. The first-order chi connectivity index (χ1) is 14.0. The van der Waals surface area contributed by atoms with Gasteiger partial charge in [0.1, 0.15) is 11.6 Å². The smallest absolute Gasteiger partial charge is 0.340 e. The van der Waals surface area contributed by atoms with Crippen molar-refractivity contribution >= 4 is 46.5 Å². The third-order valence-electron chi connectivity index (χ3n) is 3.79. The SMILES string of the molecule is CCCCOC(=O)c1ccccc1NC(=O)/C(C#N)=C\Nc1ccc(Cl)c(Cl)c1. The second-order valence-electron chi connectivity index (χ2n) is 5.93. The number of carbonyl (C=O) groups is 2. The summed E-state index contributed by atoms with van der Waals surface area (Å²) in [5.74, 6) is -1.21. The van der Waals surface area contributed by atoms with Gasteiger partial charge in [0, 0.05) is 11.9 Å². The van der Waals surface area contributed by atoms with Gasteiger partial charge in [-0.3, -0.25) is 4.79 Å². The molecule has 0 bridgehead atoms. The third-order valence-corrected chi connectivity index (χ3v) is 4.53. The Balaban J connectivity index is 2.12. The lowest BCUT2D eigenvalue weighted by Crippen LogP contribution is -2.17. The molecule has 0 radical (unpaired) electrons. The van der Waals surface area contributed by atoms with E-state index < -0.39 is 11.9 Å². The number of carbonyl (C=O) groups excluding carboxylic acids is 2. The van der Waals surface area contributed by atoms with Crippen LogP contribution < -0.4 is 10.6 Å². The molecule has 8 heteroatoms. The number of esters is 1. The number of unbranched alkanes of at least 4 members (excludes halogenated alkanes) is 1. The lowest BCUT2D eigenvalue weighted by molar-refractivity contribution is -0.112. The van der Waals surface area contributed by atoms with Crippen molar-refractivity contribution in [3.05, 3.63) is 69.8 Å². The van der Waals surface area contributed by atoms with E-state index in [0.29, 0.717) is 22.3 Å². The topological polar surface area (TPSA) is 91.2 Å². The van der Waals surface area contributed by atoms with Crippen LogP contribution in [0.25, 0.3) is 0 Å². The Bertz CT molecular complexity index is 968. The number of para-hydroxylation sites is 1. The molecule has 1 amide bonds. The van der Waals surface area contributed by atoms with Gasteiger partial charge in [0.2, 0.25) is 0 Å². The Labute approximate surface area is 179 Å². The highest BCUT2D eigenvalue weighted by atomic mass is 35.5. The zero-order valence-corrected chi connectivity index (χ0v) is 17.2. The van der Waals surface area contributed by atoms with E-state index in [-0.39, 0.29) is 16.8 Å². The van der Waals surface area contributed by atoms with Crippen molar-refractivity contribution in [1.82, 2.24) is 0 Å². The number of rotatable bonds is 8. The quantitative estimate of drug-likeness (QED) is 0.252. The van der Waals surface area contributed by atoms with Crippen LogP contribution in [-0.2, 0) is 9.53 Å². The highest BCUT2D eigenvalue weighted by Gasteiger charge is 2.16. The molecule has 29 heavy (non-hydrogen) atoms. The molecule has 150 valence electrons. The predicted molar refractivity (Wildman–Crippen MR) is 114 cm³/mol. The Morgan fingerprint density at radius 1 is 1.17 bits per heavy atom. The van der Waals surface area contributed by atoms with Gasteiger partial charge in [-0.25, -0.2) is 4.79 Å². The maximum atomic E-state index is 12.5. The average molecular weight is 432 g/mol. The summed E-state index contributed by atoms with van der Waals surface area (Å²) < 4.78 is 5.20. The van der Waals surface area contributed by atoms with Crippen molar-refractivity contribution in [2.75, 3.05) is 17.2 Å². The molecule has 0 spiro atoms. The Kier molecular flexibility index (Phi) is 8.53.